The lowest BCUT2D eigenvalue weighted by Gasteiger charge is -2.21. The van der Waals surface area contributed by atoms with E-state index in [9.17, 15) is 9.35 Å². The first-order valence-electron chi connectivity index (χ1n) is 3.80. The first-order chi connectivity index (χ1) is 5.18. The van der Waals surface area contributed by atoms with Crippen LogP contribution in [0.15, 0.2) is 0 Å². The van der Waals surface area contributed by atoms with Gasteiger partial charge in [0.15, 0.2) is 0 Å². The van der Waals surface area contributed by atoms with Crippen molar-refractivity contribution >= 4 is 17.1 Å². The molecule has 0 spiro atoms. The van der Waals surface area contributed by atoms with Gasteiger partial charge in [-0.2, -0.15) is 0 Å². The quantitative estimate of drug-likeness (QED) is 0.617. The van der Waals surface area contributed by atoms with Crippen LogP contribution in [0.2, 0.25) is 0 Å². The molecule has 0 aliphatic heterocycles. The van der Waals surface area contributed by atoms with Crippen molar-refractivity contribution in [2.75, 3.05) is 6.26 Å². The maximum absolute atomic E-state index is 10.8. The van der Waals surface area contributed by atoms with Crippen LogP contribution in [0.3, 0.4) is 0 Å². The zero-order chi connectivity index (χ0) is 8.27. The highest BCUT2D eigenvalue weighted by molar-refractivity contribution is 7.88. The normalized spacial score (nSPS) is 23.6. The van der Waals surface area contributed by atoms with Crippen molar-refractivity contribution in [3.05, 3.63) is 0 Å². The van der Waals surface area contributed by atoms with Crippen molar-refractivity contribution in [2.45, 2.75) is 31.7 Å². The Labute approximate surface area is 69.9 Å². The Morgan fingerprint density at radius 1 is 1.55 bits per heavy atom. The van der Waals surface area contributed by atoms with Crippen LogP contribution in [-0.2, 0) is 16.2 Å². The lowest BCUT2D eigenvalue weighted by Crippen LogP contribution is -2.36. The highest BCUT2D eigenvalue weighted by Crippen LogP contribution is 2.14. The lowest BCUT2D eigenvalue weighted by molar-refractivity contribution is -0.120. The van der Waals surface area contributed by atoms with E-state index in [-0.39, 0.29) is 0 Å². The smallest absolute Gasteiger partial charge is 0.133 e. The Morgan fingerprint density at radius 2 is 2.09 bits per heavy atom. The predicted octanol–water partition coefficient (Wildman–Crippen LogP) is 0.381. The molecule has 0 radical (unpaired) electrons. The molecule has 0 amide bonds. The lowest BCUT2D eigenvalue weighted by atomic mass is 9.95. The van der Waals surface area contributed by atoms with Gasteiger partial charge in [-0.3, -0.25) is 4.79 Å². The van der Waals surface area contributed by atoms with Crippen LogP contribution in [-0.4, -0.2) is 22.6 Å². The Morgan fingerprint density at radius 3 is 2.55 bits per heavy atom. The van der Waals surface area contributed by atoms with Crippen molar-refractivity contribution in [3.63, 3.8) is 0 Å². The van der Waals surface area contributed by atoms with Gasteiger partial charge in [0.2, 0.25) is 0 Å². The van der Waals surface area contributed by atoms with E-state index in [4.69, 9.17) is 0 Å². The summed E-state index contributed by atoms with van der Waals surface area (Å²) < 4.78 is 13.6. The number of hydrogen-bond acceptors (Lipinski definition) is 3. The Balaban J connectivity index is 2.22. The van der Waals surface area contributed by atoms with E-state index < -0.39 is 11.4 Å². The number of nitrogens with one attached hydrogen (secondary N) is 1. The molecule has 1 aliphatic carbocycles. The number of rotatable bonds is 2. The Hall–Kier alpha value is -0.0600. The minimum Gasteiger partial charge on any atom is -0.598 e. The second-order valence-electron chi connectivity index (χ2n) is 2.88. The highest BCUT2D eigenvalue weighted by atomic mass is 32.2. The minimum absolute atomic E-state index is 0.290. The molecule has 1 aliphatic rings. The predicted molar refractivity (Wildman–Crippen MR) is 44.5 cm³/mol. The van der Waals surface area contributed by atoms with Gasteiger partial charge in [0.25, 0.3) is 0 Å². The van der Waals surface area contributed by atoms with E-state index in [1.807, 2.05) is 0 Å². The molecule has 64 valence electrons. The van der Waals surface area contributed by atoms with Crippen molar-refractivity contribution in [2.24, 2.45) is 0 Å². The molecule has 1 N–H and O–H groups in total. The number of carbonyl (C=O) groups excluding carboxylic acids is 1. The molecule has 1 atom stereocenters. The third kappa shape index (κ3) is 3.22. The zero-order valence-electron chi connectivity index (χ0n) is 6.63. The summed E-state index contributed by atoms with van der Waals surface area (Å²) in [6, 6.07) is 0.290. The monoisotopic (exact) mass is 175 g/mol. The van der Waals surface area contributed by atoms with Gasteiger partial charge in [-0.15, -0.1) is 4.72 Å². The van der Waals surface area contributed by atoms with Crippen LogP contribution >= 0.6 is 0 Å². The SMILES string of the molecule is C[S+]([O-])NC1CCC(=O)CC1. The van der Waals surface area contributed by atoms with Crippen molar-refractivity contribution in [1.29, 1.82) is 0 Å². The molecule has 0 aromatic rings. The van der Waals surface area contributed by atoms with Crippen molar-refractivity contribution in [3.8, 4) is 0 Å². The third-order valence-corrected chi connectivity index (χ3v) is 2.54. The van der Waals surface area contributed by atoms with Gasteiger partial charge in [0.05, 0.1) is 6.04 Å². The van der Waals surface area contributed by atoms with E-state index in [0.717, 1.165) is 12.8 Å². The van der Waals surface area contributed by atoms with E-state index >= 15 is 0 Å². The maximum Gasteiger partial charge on any atom is 0.133 e. The van der Waals surface area contributed by atoms with Crippen molar-refractivity contribution in [1.82, 2.24) is 4.72 Å². The highest BCUT2D eigenvalue weighted by Gasteiger charge is 2.20. The summed E-state index contributed by atoms with van der Waals surface area (Å²) in [6.45, 7) is 0. The van der Waals surface area contributed by atoms with Crippen LogP contribution in [0.5, 0.6) is 0 Å². The van der Waals surface area contributed by atoms with E-state index in [2.05, 4.69) is 4.72 Å². The number of carbonyl (C=O) groups is 1. The molecule has 11 heavy (non-hydrogen) atoms. The molecule has 1 fully saturated rings. The molecule has 0 bridgehead atoms. The third-order valence-electron chi connectivity index (χ3n) is 1.88. The fraction of sp³-hybridized carbons (Fsp3) is 0.857. The summed E-state index contributed by atoms with van der Waals surface area (Å²) >= 11 is -0.936. The van der Waals surface area contributed by atoms with E-state index in [1.54, 1.807) is 6.26 Å². The molecule has 4 heteroatoms. The molecule has 0 heterocycles. The number of Topliss-reactive ketones (excluding diaryl/α,β-unsaturated/α-hetero) is 1. The largest absolute Gasteiger partial charge is 0.598 e. The Bertz CT molecular complexity index is 139. The second kappa shape index (κ2) is 4.09. The fourth-order valence-electron chi connectivity index (χ4n) is 1.29. The van der Waals surface area contributed by atoms with Gasteiger partial charge in [0, 0.05) is 24.2 Å². The summed E-state index contributed by atoms with van der Waals surface area (Å²) in [5.41, 5.74) is 0. The topological polar surface area (TPSA) is 52.2 Å². The summed E-state index contributed by atoms with van der Waals surface area (Å²) in [5, 5.41) is 0. The van der Waals surface area contributed by atoms with Gasteiger partial charge >= 0.3 is 0 Å². The van der Waals surface area contributed by atoms with E-state index in [1.165, 1.54) is 0 Å². The summed E-state index contributed by atoms with van der Waals surface area (Å²) in [6.07, 6.45) is 4.61. The first-order valence-corrected chi connectivity index (χ1v) is 5.35. The maximum atomic E-state index is 10.8. The van der Waals surface area contributed by atoms with Crippen LogP contribution in [0.1, 0.15) is 25.7 Å². The summed E-state index contributed by atoms with van der Waals surface area (Å²) in [5.74, 6) is 0.338. The molecule has 1 unspecified atom stereocenters. The molecule has 0 aromatic heterocycles. The molecular formula is C7H13NO2S. The average Bonchev–Trinajstić information content (AvgIpc) is 1.93. The minimum atomic E-state index is -0.936. The van der Waals surface area contributed by atoms with Gasteiger partial charge < -0.3 is 4.55 Å². The summed E-state index contributed by atoms with van der Waals surface area (Å²) in [7, 11) is 0. The van der Waals surface area contributed by atoms with E-state index in [0.29, 0.717) is 24.7 Å². The standard InChI is InChI=1S/C7H13NO2S/c1-11(10)8-6-2-4-7(9)5-3-6/h6,8H,2-5H2,1H3. The Kier molecular flexibility index (Phi) is 3.36. The molecule has 1 saturated carbocycles. The number of ketones is 1. The molecular weight excluding hydrogens is 162 g/mol. The molecule has 0 saturated heterocycles. The van der Waals surface area contributed by atoms with Crippen LogP contribution in [0, 0.1) is 0 Å². The second-order valence-corrected chi connectivity index (χ2v) is 4.03. The molecule has 3 nitrogen and oxygen atoms in total. The van der Waals surface area contributed by atoms with Crippen LogP contribution < -0.4 is 4.72 Å². The van der Waals surface area contributed by atoms with Gasteiger partial charge in [0.1, 0.15) is 12.0 Å². The van der Waals surface area contributed by atoms with Crippen molar-refractivity contribution < 1.29 is 9.35 Å². The molecule has 0 aromatic carbocycles. The average molecular weight is 175 g/mol. The van der Waals surface area contributed by atoms with Gasteiger partial charge in [-0.05, 0) is 12.8 Å². The fourth-order valence-corrected chi connectivity index (χ4v) is 2.00. The van der Waals surface area contributed by atoms with Gasteiger partial charge in [-0.25, -0.2) is 0 Å². The van der Waals surface area contributed by atoms with Crippen LogP contribution in [0.4, 0.5) is 0 Å². The number of hydrogen-bond donors (Lipinski definition) is 1. The van der Waals surface area contributed by atoms with Crippen LogP contribution in [0.25, 0.3) is 0 Å². The summed E-state index contributed by atoms with van der Waals surface area (Å²) in [4.78, 5) is 10.8. The zero-order valence-corrected chi connectivity index (χ0v) is 7.45. The first kappa shape index (κ1) is 9.03. The van der Waals surface area contributed by atoms with Gasteiger partial charge in [-0.1, -0.05) is 0 Å². The molecule has 1 rings (SSSR count).